The van der Waals surface area contributed by atoms with Crippen LogP contribution in [0.5, 0.6) is 0 Å². The lowest BCUT2D eigenvalue weighted by Gasteiger charge is -1.91. The van der Waals surface area contributed by atoms with Crippen LogP contribution in [-0.4, -0.2) is 23.0 Å². The number of cyclic esters (lactones) is 2. The van der Waals surface area contributed by atoms with Crippen LogP contribution in [0.25, 0.3) is 0 Å². The van der Waals surface area contributed by atoms with Gasteiger partial charge in [0.1, 0.15) is 0 Å². The largest absolute Gasteiger partial charge is 0.481 e. The third-order valence-electron chi connectivity index (χ3n) is 2.41. The zero-order valence-electron chi connectivity index (χ0n) is 10.7. The van der Waals surface area contributed by atoms with Crippen molar-refractivity contribution in [3.05, 3.63) is 47.1 Å². The van der Waals surface area contributed by atoms with Gasteiger partial charge in [0.05, 0.1) is 12.0 Å². The van der Waals surface area contributed by atoms with E-state index in [9.17, 15) is 14.4 Å². The normalized spacial score (nSPS) is 16.8. The molecule has 1 N–H and O–H groups in total. The molecule has 0 aliphatic carbocycles. The van der Waals surface area contributed by atoms with E-state index in [1.54, 1.807) is 31.2 Å². The molecule has 0 atom stereocenters. The van der Waals surface area contributed by atoms with Crippen LogP contribution in [0, 0.1) is 0 Å². The van der Waals surface area contributed by atoms with Gasteiger partial charge in [-0.05, 0) is 19.9 Å². The van der Waals surface area contributed by atoms with E-state index in [0.29, 0.717) is 5.57 Å². The van der Waals surface area contributed by atoms with E-state index < -0.39 is 17.9 Å². The second-order valence-corrected chi connectivity index (χ2v) is 4.04. The predicted molar refractivity (Wildman–Crippen MR) is 68.1 cm³/mol. The lowest BCUT2D eigenvalue weighted by Crippen LogP contribution is -2.00. The summed E-state index contributed by atoms with van der Waals surface area (Å²) in [5.74, 6) is -2.15. The fraction of sp³-hybridized carbons (Fsp3) is 0.214. The van der Waals surface area contributed by atoms with Gasteiger partial charge in [-0.1, -0.05) is 29.9 Å². The lowest BCUT2D eigenvalue weighted by atomic mass is 10.1. The average molecular weight is 262 g/mol. The van der Waals surface area contributed by atoms with Crippen molar-refractivity contribution in [2.75, 3.05) is 0 Å². The van der Waals surface area contributed by atoms with E-state index in [-0.39, 0.29) is 17.6 Å². The molecule has 0 saturated heterocycles. The molecule has 0 aromatic heterocycles. The van der Waals surface area contributed by atoms with Crippen molar-refractivity contribution in [3.63, 3.8) is 0 Å². The summed E-state index contributed by atoms with van der Waals surface area (Å²) >= 11 is 0. The summed E-state index contributed by atoms with van der Waals surface area (Å²) in [4.78, 5) is 32.7. The number of hydrogen-bond donors (Lipinski definition) is 1. The number of rotatable bonds is 5. The quantitative estimate of drug-likeness (QED) is 0.465. The van der Waals surface area contributed by atoms with Gasteiger partial charge in [0.15, 0.2) is 0 Å². The molecule has 1 heterocycles. The first-order valence-electron chi connectivity index (χ1n) is 5.61. The molecule has 100 valence electrons. The van der Waals surface area contributed by atoms with Crippen molar-refractivity contribution in [2.45, 2.75) is 20.3 Å². The maximum absolute atomic E-state index is 11.2. The minimum Gasteiger partial charge on any atom is -0.481 e. The number of carbonyl (C=O) groups excluding carboxylic acids is 2. The second kappa shape index (κ2) is 6.49. The second-order valence-electron chi connectivity index (χ2n) is 4.04. The molecule has 0 unspecified atom stereocenters. The monoisotopic (exact) mass is 262 g/mol. The summed E-state index contributed by atoms with van der Waals surface area (Å²) in [6.07, 6.45) is 8.02. The number of hydrogen-bond acceptors (Lipinski definition) is 4. The lowest BCUT2D eigenvalue weighted by molar-refractivity contribution is -0.151. The van der Waals surface area contributed by atoms with E-state index in [1.807, 2.05) is 0 Å². The first kappa shape index (κ1) is 14.6. The minimum atomic E-state index is -0.884. The molecule has 0 fully saturated rings. The molecule has 5 heteroatoms. The number of allylic oxidation sites excluding steroid dienone is 4. The molecule has 0 aromatic rings. The van der Waals surface area contributed by atoms with Gasteiger partial charge >= 0.3 is 17.9 Å². The molecule has 0 aromatic carbocycles. The zero-order valence-corrected chi connectivity index (χ0v) is 10.7. The Balaban J connectivity index is 2.62. The summed E-state index contributed by atoms with van der Waals surface area (Å²) in [5.41, 5.74) is 1.23. The maximum Gasteiger partial charge on any atom is 0.346 e. The topological polar surface area (TPSA) is 80.7 Å². The predicted octanol–water partition coefficient (Wildman–Crippen LogP) is 1.92. The number of ether oxygens (including phenoxy) is 1. The van der Waals surface area contributed by atoms with Gasteiger partial charge in [-0.15, -0.1) is 0 Å². The Kier molecular flexibility index (Phi) is 5.00. The van der Waals surface area contributed by atoms with Crippen LogP contribution in [0.1, 0.15) is 20.3 Å². The van der Waals surface area contributed by atoms with E-state index in [4.69, 9.17) is 5.11 Å². The number of esters is 2. The van der Waals surface area contributed by atoms with Crippen molar-refractivity contribution in [1.82, 2.24) is 0 Å². The van der Waals surface area contributed by atoms with Crippen LogP contribution < -0.4 is 0 Å². The molecule has 0 spiro atoms. The smallest absolute Gasteiger partial charge is 0.346 e. The molecule has 1 aliphatic rings. The first-order valence-corrected chi connectivity index (χ1v) is 5.61. The standard InChI is InChI=1S/C14H14O5/c1-9(8-12(15)16)6-4-3-5-7-11-10(2)13(17)19-14(11)18/h3-7H,8H2,1-2H3,(H,15,16)/b4-3+,7-5+,9-6+. The number of carbonyl (C=O) groups is 3. The van der Waals surface area contributed by atoms with Gasteiger partial charge in [-0.3, -0.25) is 4.79 Å². The highest BCUT2D eigenvalue weighted by molar-refractivity contribution is 6.13. The average Bonchev–Trinajstić information content (AvgIpc) is 2.53. The van der Waals surface area contributed by atoms with E-state index in [1.165, 1.54) is 13.0 Å². The maximum atomic E-state index is 11.2. The number of carboxylic acids is 1. The van der Waals surface area contributed by atoms with Crippen LogP contribution in [0.2, 0.25) is 0 Å². The molecule has 0 amide bonds. The summed E-state index contributed by atoms with van der Waals surface area (Å²) in [7, 11) is 0. The molecule has 19 heavy (non-hydrogen) atoms. The van der Waals surface area contributed by atoms with Crippen molar-refractivity contribution in [3.8, 4) is 0 Å². The molecule has 1 aliphatic heterocycles. The fourth-order valence-corrected chi connectivity index (χ4v) is 1.41. The van der Waals surface area contributed by atoms with Gasteiger partial charge in [0, 0.05) is 5.57 Å². The summed E-state index contributed by atoms with van der Waals surface area (Å²) < 4.78 is 4.42. The molecule has 1 rings (SSSR count). The third kappa shape index (κ3) is 4.39. The highest BCUT2D eigenvalue weighted by Gasteiger charge is 2.27. The first-order chi connectivity index (χ1) is 8.91. The third-order valence-corrected chi connectivity index (χ3v) is 2.41. The Hall–Kier alpha value is -2.43. The summed E-state index contributed by atoms with van der Waals surface area (Å²) in [6, 6.07) is 0. The molecular formula is C14H14O5. The number of aliphatic carboxylic acids is 1. The van der Waals surface area contributed by atoms with Gasteiger partial charge < -0.3 is 9.84 Å². The summed E-state index contributed by atoms with van der Waals surface area (Å²) in [5, 5.41) is 8.55. The Morgan fingerprint density at radius 1 is 1.21 bits per heavy atom. The van der Waals surface area contributed by atoms with Crippen LogP contribution in [0.4, 0.5) is 0 Å². The van der Waals surface area contributed by atoms with Crippen molar-refractivity contribution < 1.29 is 24.2 Å². The Labute approximate surface area is 110 Å². The van der Waals surface area contributed by atoms with Crippen LogP contribution in [0.15, 0.2) is 47.1 Å². The molecule has 0 saturated carbocycles. The zero-order chi connectivity index (χ0) is 14.4. The molecule has 5 nitrogen and oxygen atoms in total. The Morgan fingerprint density at radius 3 is 2.42 bits per heavy atom. The Bertz CT molecular complexity index is 532. The minimum absolute atomic E-state index is 0.0147. The van der Waals surface area contributed by atoms with Gasteiger partial charge in [-0.25, -0.2) is 9.59 Å². The van der Waals surface area contributed by atoms with E-state index in [0.717, 1.165) is 0 Å². The van der Waals surface area contributed by atoms with Gasteiger partial charge in [0.2, 0.25) is 0 Å². The van der Waals surface area contributed by atoms with Gasteiger partial charge in [-0.2, -0.15) is 0 Å². The van der Waals surface area contributed by atoms with Crippen LogP contribution in [0.3, 0.4) is 0 Å². The molecule has 0 bridgehead atoms. The van der Waals surface area contributed by atoms with Crippen LogP contribution >= 0.6 is 0 Å². The fourth-order valence-electron chi connectivity index (χ4n) is 1.41. The highest BCUT2D eigenvalue weighted by Crippen LogP contribution is 2.17. The molecule has 0 radical (unpaired) electrons. The molecular weight excluding hydrogens is 248 g/mol. The Morgan fingerprint density at radius 2 is 1.89 bits per heavy atom. The van der Waals surface area contributed by atoms with Crippen LogP contribution in [-0.2, 0) is 19.1 Å². The van der Waals surface area contributed by atoms with Crippen molar-refractivity contribution >= 4 is 17.9 Å². The summed E-state index contributed by atoms with van der Waals surface area (Å²) in [6.45, 7) is 3.23. The van der Waals surface area contributed by atoms with Crippen molar-refractivity contribution in [2.24, 2.45) is 0 Å². The van der Waals surface area contributed by atoms with Crippen molar-refractivity contribution in [1.29, 1.82) is 0 Å². The number of carboxylic acid groups (broad SMARTS) is 1. The highest BCUT2D eigenvalue weighted by atomic mass is 16.6. The van der Waals surface area contributed by atoms with E-state index in [2.05, 4.69) is 4.74 Å². The van der Waals surface area contributed by atoms with E-state index >= 15 is 0 Å². The SMILES string of the molecule is CC1=C(/C=C/C=C/C=C(\C)CC(=O)O)C(=O)OC1=O. The van der Waals surface area contributed by atoms with Gasteiger partial charge in [0.25, 0.3) is 0 Å².